The fourth-order valence-electron chi connectivity index (χ4n) is 8.03. The monoisotopic (exact) mass is 883 g/mol. The van der Waals surface area contributed by atoms with E-state index < -0.39 is 41.1 Å². The zero-order chi connectivity index (χ0) is 45.2. The topological polar surface area (TPSA) is 150 Å². The number of morpholine rings is 1. The average molecular weight is 884 g/mol. The molecule has 16 heteroatoms. The fraction of sp³-hybridized carbons (Fsp3) is 0.404. The van der Waals surface area contributed by atoms with E-state index >= 15 is 0 Å². The Bertz CT molecular complexity index is 2460. The van der Waals surface area contributed by atoms with Gasteiger partial charge < -0.3 is 30.3 Å². The van der Waals surface area contributed by atoms with Crippen LogP contribution in [0.5, 0.6) is 0 Å². The van der Waals surface area contributed by atoms with Gasteiger partial charge >= 0.3 is 6.18 Å². The van der Waals surface area contributed by atoms with E-state index in [4.69, 9.17) is 9.72 Å². The first-order valence-electron chi connectivity index (χ1n) is 20.9. The number of alkyl halides is 3. The third kappa shape index (κ3) is 10.4. The molecule has 0 saturated carbocycles. The number of carbonyl (C=O) groups excluding carboxylic acids is 3. The Hall–Kier alpha value is -5.71. The molecule has 2 amide bonds. The van der Waals surface area contributed by atoms with Crippen LogP contribution in [0.4, 0.5) is 24.7 Å². The zero-order valence-electron chi connectivity index (χ0n) is 36.1. The number of halogens is 3. The number of aryl methyl sites for hydroxylation is 2. The van der Waals surface area contributed by atoms with Crippen LogP contribution in [-0.4, -0.2) is 93.6 Å². The SMILES string of the molecule is Cc1ncc(CC(=O)c2cccc(C(F)(F)F)c2)cc1-c1cnc(N[C@@H](C(=O)N2C[C@H](O)C[C@H]2C(=O)N[C@@H](C)c2ccc(-c3scnc3C)cc2)C(C)(C)C)c(N2CCOCC2)c1. The van der Waals surface area contributed by atoms with Crippen LogP contribution < -0.4 is 15.5 Å². The Morgan fingerprint density at radius 1 is 0.937 bits per heavy atom. The number of aromatic nitrogens is 3. The molecule has 7 rings (SSSR count). The third-order valence-corrected chi connectivity index (χ3v) is 12.6. The molecule has 3 N–H and O–H groups in total. The molecule has 5 aromatic rings. The number of likely N-dealkylation sites (tertiary alicyclic amines) is 1. The third-order valence-electron chi connectivity index (χ3n) is 11.6. The lowest BCUT2D eigenvalue weighted by Crippen LogP contribution is -2.54. The number of aliphatic hydroxyl groups excluding tert-OH is 1. The quantitative estimate of drug-likeness (QED) is 0.106. The van der Waals surface area contributed by atoms with Crippen molar-refractivity contribution in [1.82, 2.24) is 25.2 Å². The molecule has 2 fully saturated rings. The number of carbonyl (C=O) groups is 3. The minimum Gasteiger partial charge on any atom is -0.391 e. The van der Waals surface area contributed by atoms with Crippen molar-refractivity contribution in [3.8, 4) is 21.6 Å². The van der Waals surface area contributed by atoms with Crippen molar-refractivity contribution in [2.24, 2.45) is 5.41 Å². The van der Waals surface area contributed by atoms with Gasteiger partial charge in [-0.15, -0.1) is 11.3 Å². The molecule has 0 radical (unpaired) electrons. The molecule has 2 aliphatic heterocycles. The number of aliphatic hydroxyl groups is 1. The summed E-state index contributed by atoms with van der Waals surface area (Å²) in [4.78, 5) is 60.3. The summed E-state index contributed by atoms with van der Waals surface area (Å²) in [5.41, 5.74) is 6.32. The molecule has 332 valence electrons. The maximum absolute atomic E-state index is 14.7. The number of nitrogens with one attached hydrogen (secondary N) is 2. The molecule has 2 aliphatic rings. The van der Waals surface area contributed by atoms with Gasteiger partial charge in [-0.2, -0.15) is 13.2 Å². The van der Waals surface area contributed by atoms with E-state index in [2.05, 4.69) is 25.5 Å². The van der Waals surface area contributed by atoms with Crippen LogP contribution in [0.2, 0.25) is 0 Å². The van der Waals surface area contributed by atoms with Crippen LogP contribution in [0, 0.1) is 19.3 Å². The van der Waals surface area contributed by atoms with E-state index in [1.165, 1.54) is 17.0 Å². The summed E-state index contributed by atoms with van der Waals surface area (Å²) in [6, 6.07) is 13.9. The summed E-state index contributed by atoms with van der Waals surface area (Å²) >= 11 is 1.57. The van der Waals surface area contributed by atoms with E-state index in [0.717, 1.165) is 33.8 Å². The number of benzene rings is 2. The highest BCUT2D eigenvalue weighted by atomic mass is 32.1. The number of ether oxygens (including phenoxy) is 1. The Morgan fingerprint density at radius 2 is 1.67 bits per heavy atom. The highest BCUT2D eigenvalue weighted by molar-refractivity contribution is 7.13. The summed E-state index contributed by atoms with van der Waals surface area (Å²) in [5.74, 6) is -0.758. The molecule has 4 atom stereocenters. The highest BCUT2D eigenvalue weighted by Gasteiger charge is 2.45. The number of β-amino-alcohol motifs (C(OH)–C–C–N with tert-alkyl or cyclic N) is 1. The van der Waals surface area contributed by atoms with Gasteiger partial charge in [0.2, 0.25) is 11.8 Å². The van der Waals surface area contributed by atoms with E-state index in [-0.39, 0.29) is 42.8 Å². The maximum Gasteiger partial charge on any atom is 0.416 e. The molecule has 63 heavy (non-hydrogen) atoms. The second-order valence-electron chi connectivity index (χ2n) is 17.3. The van der Waals surface area contributed by atoms with Crippen LogP contribution in [0.3, 0.4) is 0 Å². The molecular formula is C47H52F3N7O5S. The number of hydrogen-bond acceptors (Lipinski definition) is 11. The fourth-order valence-corrected chi connectivity index (χ4v) is 8.84. The number of pyridine rings is 2. The molecular weight excluding hydrogens is 832 g/mol. The number of ketones is 1. The second kappa shape index (κ2) is 18.6. The van der Waals surface area contributed by atoms with Crippen LogP contribution >= 0.6 is 11.3 Å². The van der Waals surface area contributed by atoms with Gasteiger partial charge in [-0.1, -0.05) is 57.2 Å². The number of thiazole rings is 1. The highest BCUT2D eigenvalue weighted by Crippen LogP contribution is 2.36. The number of hydrogen-bond donors (Lipinski definition) is 3. The van der Waals surface area contributed by atoms with E-state index in [1.54, 1.807) is 29.8 Å². The summed E-state index contributed by atoms with van der Waals surface area (Å²) in [6.07, 6.45) is -2.34. The summed E-state index contributed by atoms with van der Waals surface area (Å²) in [6.45, 7) is 13.5. The largest absolute Gasteiger partial charge is 0.416 e. The summed E-state index contributed by atoms with van der Waals surface area (Å²) in [7, 11) is 0. The van der Waals surface area contributed by atoms with Gasteiger partial charge in [-0.05, 0) is 67.1 Å². The summed E-state index contributed by atoms with van der Waals surface area (Å²) < 4.78 is 45.8. The van der Waals surface area contributed by atoms with Gasteiger partial charge in [0, 0.05) is 67.3 Å². The second-order valence-corrected chi connectivity index (χ2v) is 18.2. The van der Waals surface area contributed by atoms with Crippen molar-refractivity contribution < 1.29 is 37.4 Å². The normalized spacial score (nSPS) is 17.9. The minimum absolute atomic E-state index is 0.00989. The first kappa shape index (κ1) is 45.3. The minimum atomic E-state index is -4.58. The molecule has 2 aromatic carbocycles. The van der Waals surface area contributed by atoms with Gasteiger partial charge in [-0.25, -0.2) is 9.97 Å². The lowest BCUT2D eigenvalue weighted by molar-refractivity contribution is -0.141. The van der Waals surface area contributed by atoms with Gasteiger partial charge in [-0.3, -0.25) is 19.4 Å². The molecule has 12 nitrogen and oxygen atoms in total. The Labute approximate surface area is 368 Å². The van der Waals surface area contributed by atoms with Crippen molar-refractivity contribution in [3.05, 3.63) is 112 Å². The lowest BCUT2D eigenvalue weighted by atomic mass is 9.85. The average Bonchev–Trinajstić information content (AvgIpc) is 3.88. The van der Waals surface area contributed by atoms with Crippen molar-refractivity contribution in [1.29, 1.82) is 0 Å². The predicted octanol–water partition coefficient (Wildman–Crippen LogP) is 7.83. The number of anilines is 2. The van der Waals surface area contributed by atoms with Crippen molar-refractivity contribution in [3.63, 3.8) is 0 Å². The predicted molar refractivity (Wildman–Crippen MR) is 237 cm³/mol. The van der Waals surface area contributed by atoms with Crippen LogP contribution in [-0.2, 0) is 26.9 Å². The van der Waals surface area contributed by atoms with Gasteiger partial charge in [0.05, 0.1) is 52.7 Å². The molecule has 0 unspecified atom stereocenters. The molecule has 3 aromatic heterocycles. The first-order chi connectivity index (χ1) is 29.9. The lowest BCUT2D eigenvalue weighted by Gasteiger charge is -2.37. The number of amides is 2. The summed E-state index contributed by atoms with van der Waals surface area (Å²) in [5, 5.41) is 17.4. The Morgan fingerprint density at radius 3 is 2.33 bits per heavy atom. The molecule has 5 heterocycles. The van der Waals surface area contributed by atoms with Crippen LogP contribution in [0.25, 0.3) is 21.6 Å². The maximum atomic E-state index is 14.7. The van der Waals surface area contributed by atoms with E-state index in [9.17, 15) is 32.7 Å². The van der Waals surface area contributed by atoms with Gasteiger partial charge in [0.1, 0.15) is 17.9 Å². The number of Topliss-reactive ketones (excluding diaryl/α,β-unsaturated/α-hetero) is 1. The standard InChI is InChI=1S/C47H52F3N7O5S/c1-27(31-10-12-32(13-11-31)41-29(3)53-26-63-41)54-44(60)39-22-36(58)25-57(39)45(61)42(46(4,5)6)55-43-38(56-14-16-62-17-15-56)21-34(24-52-43)37-18-30(23-51-28(37)2)19-40(59)33-8-7-9-35(20-33)47(48,49)50/h7-13,18,20-21,23-24,26-27,36,39,42,58H,14-17,19,22,25H2,1-6H3,(H,52,55)(H,54,60)/t27-,36+,39-,42-/m0/s1. The number of nitrogens with zero attached hydrogens (tertiary/aromatic N) is 5. The zero-order valence-corrected chi connectivity index (χ0v) is 36.9. The Balaban J connectivity index is 1.12. The van der Waals surface area contributed by atoms with Crippen LogP contribution in [0.15, 0.2) is 78.6 Å². The van der Waals surface area contributed by atoms with Gasteiger partial charge in [0.15, 0.2) is 5.78 Å². The van der Waals surface area contributed by atoms with Crippen molar-refractivity contribution in [2.75, 3.05) is 43.1 Å². The molecule has 0 bridgehead atoms. The van der Waals surface area contributed by atoms with E-state index in [1.807, 2.05) is 77.4 Å². The van der Waals surface area contributed by atoms with Gasteiger partial charge in [0.25, 0.3) is 0 Å². The molecule has 2 saturated heterocycles. The van der Waals surface area contributed by atoms with Crippen molar-refractivity contribution >= 4 is 40.4 Å². The molecule has 0 aliphatic carbocycles. The number of rotatable bonds is 12. The smallest absolute Gasteiger partial charge is 0.391 e. The van der Waals surface area contributed by atoms with E-state index in [0.29, 0.717) is 60.2 Å². The Kier molecular flexibility index (Phi) is 13.4. The van der Waals surface area contributed by atoms with Crippen LogP contribution in [0.1, 0.15) is 78.6 Å². The van der Waals surface area contributed by atoms with Crippen molar-refractivity contribution in [2.45, 2.75) is 84.8 Å². The molecule has 0 spiro atoms. The first-order valence-corrected chi connectivity index (χ1v) is 21.8.